The Hall–Kier alpha value is -1.85. The molecule has 0 radical (unpaired) electrons. The second-order valence-corrected chi connectivity index (χ2v) is 6.64. The number of rotatable bonds is 3. The van der Waals surface area contributed by atoms with Crippen LogP contribution in [0.1, 0.15) is 18.4 Å². The van der Waals surface area contributed by atoms with Crippen molar-refractivity contribution in [1.82, 2.24) is 0 Å². The number of hydrogen-bond donors (Lipinski definition) is 0. The lowest BCUT2D eigenvalue weighted by Gasteiger charge is -2.15. The van der Waals surface area contributed by atoms with Gasteiger partial charge < -0.3 is 9.47 Å². The van der Waals surface area contributed by atoms with Crippen molar-refractivity contribution >= 4 is 15.9 Å². The zero-order chi connectivity index (χ0) is 13.7. The number of sulfone groups is 1. The van der Waals surface area contributed by atoms with E-state index in [9.17, 15) is 13.2 Å². The molecule has 100 valence electrons. The summed E-state index contributed by atoms with van der Waals surface area (Å²) in [7, 11) is -3.52. The van der Waals surface area contributed by atoms with Gasteiger partial charge in [0.1, 0.15) is 4.90 Å². The first-order valence-corrected chi connectivity index (χ1v) is 7.59. The number of aliphatic imine (C=N–C) groups is 1. The van der Waals surface area contributed by atoms with Gasteiger partial charge in [-0.25, -0.2) is 13.2 Å². The van der Waals surface area contributed by atoms with Crippen molar-refractivity contribution in [3.63, 3.8) is 0 Å². The summed E-state index contributed by atoms with van der Waals surface area (Å²) in [6.07, 6.45) is 3.89. The van der Waals surface area contributed by atoms with Gasteiger partial charge in [-0.1, -0.05) is 6.07 Å². The monoisotopic (exact) mass is 281 g/mol. The predicted octanol–water partition coefficient (Wildman–Crippen LogP) is 1.14. The van der Waals surface area contributed by atoms with Crippen molar-refractivity contribution in [3.05, 3.63) is 17.7 Å². The highest BCUT2D eigenvalue weighted by Crippen LogP contribution is 2.54. The summed E-state index contributed by atoms with van der Waals surface area (Å²) in [5.41, 5.74) is -0.274. The number of ether oxygens (including phenoxy) is 2. The minimum Gasteiger partial charge on any atom is -0.454 e. The molecule has 3 rings (SSSR count). The van der Waals surface area contributed by atoms with Gasteiger partial charge in [0.05, 0.1) is 5.54 Å². The van der Waals surface area contributed by atoms with Crippen molar-refractivity contribution in [1.29, 1.82) is 0 Å². The van der Waals surface area contributed by atoms with Crippen LogP contribution in [0.2, 0.25) is 0 Å². The summed E-state index contributed by atoms with van der Waals surface area (Å²) in [6.45, 7) is -0.00868. The van der Waals surface area contributed by atoms with E-state index in [-0.39, 0.29) is 17.4 Å². The number of carbonyl (C=O) groups excluding carboxylic acids is 1. The molecule has 1 aromatic rings. The SMILES string of the molecule is CS(=O)(=O)c1c(C2(N=C=O)CC2)ccc2c1OCO2. The Morgan fingerprint density at radius 2 is 2.05 bits per heavy atom. The third-order valence-electron chi connectivity index (χ3n) is 3.35. The smallest absolute Gasteiger partial charge is 0.235 e. The van der Waals surface area contributed by atoms with Crippen LogP contribution in [0.5, 0.6) is 11.5 Å². The van der Waals surface area contributed by atoms with E-state index < -0.39 is 15.4 Å². The molecule has 0 aromatic heterocycles. The van der Waals surface area contributed by atoms with Gasteiger partial charge in [0.25, 0.3) is 0 Å². The van der Waals surface area contributed by atoms with E-state index >= 15 is 0 Å². The van der Waals surface area contributed by atoms with Crippen LogP contribution < -0.4 is 9.47 Å². The average Bonchev–Trinajstić information content (AvgIpc) is 2.96. The summed E-state index contributed by atoms with van der Waals surface area (Å²) in [5, 5.41) is 0. The number of hydrogen-bond acceptors (Lipinski definition) is 6. The Balaban J connectivity index is 2.30. The third kappa shape index (κ3) is 1.82. The number of benzene rings is 1. The largest absolute Gasteiger partial charge is 0.454 e. The summed E-state index contributed by atoms with van der Waals surface area (Å²) in [5.74, 6) is 0.613. The topological polar surface area (TPSA) is 82.0 Å². The highest BCUT2D eigenvalue weighted by molar-refractivity contribution is 7.90. The van der Waals surface area contributed by atoms with Crippen molar-refractivity contribution < 1.29 is 22.7 Å². The van der Waals surface area contributed by atoms with E-state index in [2.05, 4.69) is 4.99 Å². The predicted molar refractivity (Wildman–Crippen MR) is 64.7 cm³/mol. The lowest BCUT2D eigenvalue weighted by Crippen LogP contribution is -2.11. The maximum atomic E-state index is 12.0. The van der Waals surface area contributed by atoms with Crippen molar-refractivity contribution in [2.75, 3.05) is 13.0 Å². The van der Waals surface area contributed by atoms with Gasteiger partial charge in [-0.2, -0.15) is 4.99 Å². The number of nitrogens with zero attached hydrogens (tertiary/aromatic N) is 1. The van der Waals surface area contributed by atoms with E-state index in [1.807, 2.05) is 0 Å². The molecule has 0 N–H and O–H groups in total. The molecule has 19 heavy (non-hydrogen) atoms. The quantitative estimate of drug-likeness (QED) is 0.613. The van der Waals surface area contributed by atoms with E-state index in [1.54, 1.807) is 12.1 Å². The van der Waals surface area contributed by atoms with Crippen LogP contribution in [-0.4, -0.2) is 27.5 Å². The Kier molecular flexibility index (Phi) is 2.45. The molecule has 0 saturated heterocycles. The molecule has 6 nitrogen and oxygen atoms in total. The highest BCUT2D eigenvalue weighted by Gasteiger charge is 2.49. The molecule has 2 aliphatic rings. The van der Waals surface area contributed by atoms with Crippen molar-refractivity contribution in [2.45, 2.75) is 23.3 Å². The Morgan fingerprint density at radius 1 is 1.32 bits per heavy atom. The molecule has 7 heteroatoms. The van der Waals surface area contributed by atoms with Crippen molar-refractivity contribution in [3.8, 4) is 11.5 Å². The molecular formula is C12H11NO5S. The Bertz CT molecular complexity index is 699. The molecule has 1 aliphatic carbocycles. The maximum Gasteiger partial charge on any atom is 0.235 e. The Labute approximate surface area is 110 Å². The van der Waals surface area contributed by atoms with Crippen LogP contribution in [0.25, 0.3) is 0 Å². The van der Waals surface area contributed by atoms with Crippen LogP contribution in [-0.2, 0) is 20.2 Å². The lowest BCUT2D eigenvalue weighted by molar-refractivity contribution is 0.172. The van der Waals surface area contributed by atoms with Crippen LogP contribution in [0, 0.1) is 0 Å². The molecule has 0 bridgehead atoms. The van der Waals surface area contributed by atoms with Crippen LogP contribution >= 0.6 is 0 Å². The standard InChI is InChI=1S/C12H11NO5S/c1-19(15,16)11-8(12(4-5-12)13-6-14)2-3-9-10(11)18-7-17-9/h2-3H,4-5,7H2,1H3. The second kappa shape index (κ2) is 3.82. The third-order valence-corrected chi connectivity index (χ3v) is 4.50. The van der Waals surface area contributed by atoms with Gasteiger partial charge in [0.2, 0.25) is 12.9 Å². The first-order valence-electron chi connectivity index (χ1n) is 5.70. The fourth-order valence-electron chi connectivity index (χ4n) is 2.33. The summed E-state index contributed by atoms with van der Waals surface area (Å²) in [4.78, 5) is 14.4. The van der Waals surface area contributed by atoms with Crippen LogP contribution in [0.3, 0.4) is 0 Å². The average molecular weight is 281 g/mol. The van der Waals surface area contributed by atoms with Crippen molar-refractivity contribution in [2.24, 2.45) is 4.99 Å². The zero-order valence-electron chi connectivity index (χ0n) is 10.2. The van der Waals surface area contributed by atoms with Gasteiger partial charge in [-0.3, -0.25) is 0 Å². The summed E-state index contributed by atoms with van der Waals surface area (Å²) < 4.78 is 34.5. The van der Waals surface area contributed by atoms with Crippen LogP contribution in [0.4, 0.5) is 0 Å². The fraction of sp³-hybridized carbons (Fsp3) is 0.417. The zero-order valence-corrected chi connectivity index (χ0v) is 11.0. The molecular weight excluding hydrogens is 270 g/mol. The minimum absolute atomic E-state index is 0.00868. The van der Waals surface area contributed by atoms with E-state index in [1.165, 1.54) is 6.08 Å². The minimum atomic E-state index is -3.52. The Morgan fingerprint density at radius 3 is 2.63 bits per heavy atom. The summed E-state index contributed by atoms with van der Waals surface area (Å²) in [6, 6.07) is 3.28. The molecule has 1 aromatic carbocycles. The van der Waals surface area contributed by atoms with Gasteiger partial charge in [0.15, 0.2) is 21.3 Å². The van der Waals surface area contributed by atoms with Gasteiger partial charge in [-0.05, 0) is 18.9 Å². The molecule has 1 aliphatic heterocycles. The van der Waals surface area contributed by atoms with E-state index in [0.717, 1.165) is 6.26 Å². The van der Waals surface area contributed by atoms with Crippen LogP contribution in [0.15, 0.2) is 22.0 Å². The highest BCUT2D eigenvalue weighted by atomic mass is 32.2. The second-order valence-electron chi connectivity index (χ2n) is 4.68. The maximum absolute atomic E-state index is 12.0. The molecule has 0 spiro atoms. The number of fused-ring (bicyclic) bond motifs is 1. The molecule has 0 atom stereocenters. The normalized spacial score (nSPS) is 18.8. The molecule has 1 fully saturated rings. The molecule has 0 unspecified atom stereocenters. The fourth-order valence-corrected chi connectivity index (χ4v) is 3.48. The van der Waals surface area contributed by atoms with Gasteiger partial charge in [-0.15, -0.1) is 0 Å². The van der Waals surface area contributed by atoms with E-state index in [4.69, 9.17) is 9.47 Å². The first-order chi connectivity index (χ1) is 8.98. The lowest BCUT2D eigenvalue weighted by atomic mass is 10.0. The number of isocyanates is 1. The molecule has 1 saturated carbocycles. The van der Waals surface area contributed by atoms with Gasteiger partial charge >= 0.3 is 0 Å². The first kappa shape index (κ1) is 12.2. The summed E-state index contributed by atoms with van der Waals surface area (Å²) >= 11 is 0. The molecule has 0 amide bonds. The van der Waals surface area contributed by atoms with Gasteiger partial charge in [0, 0.05) is 11.8 Å². The molecule has 1 heterocycles. The van der Waals surface area contributed by atoms with E-state index in [0.29, 0.717) is 24.2 Å².